The normalized spacial score (nSPS) is 10.4. The molecule has 6 heteroatoms. The van der Waals surface area contributed by atoms with Crippen LogP contribution in [0.15, 0.2) is 36.4 Å². The van der Waals surface area contributed by atoms with Gasteiger partial charge >= 0.3 is 0 Å². The van der Waals surface area contributed by atoms with E-state index in [0.29, 0.717) is 22.6 Å². The summed E-state index contributed by atoms with van der Waals surface area (Å²) < 4.78 is 10.9. The van der Waals surface area contributed by atoms with E-state index in [4.69, 9.17) is 9.47 Å². The number of aryl methyl sites for hydroxylation is 2. The molecular formula is C20H24N2O4. The van der Waals surface area contributed by atoms with Crippen LogP contribution in [-0.4, -0.2) is 25.0 Å². The van der Waals surface area contributed by atoms with Crippen LogP contribution < -0.4 is 20.3 Å². The van der Waals surface area contributed by atoms with Crippen molar-refractivity contribution in [2.75, 3.05) is 7.11 Å². The number of carbonyl (C=O) groups is 2. The van der Waals surface area contributed by atoms with Crippen LogP contribution in [0, 0.1) is 13.8 Å². The summed E-state index contributed by atoms with van der Waals surface area (Å²) in [6, 6.07) is 10.3. The van der Waals surface area contributed by atoms with Crippen LogP contribution in [0.4, 0.5) is 0 Å². The highest BCUT2D eigenvalue weighted by molar-refractivity contribution is 5.99. The first-order chi connectivity index (χ1) is 12.3. The molecule has 0 bridgehead atoms. The topological polar surface area (TPSA) is 76.7 Å². The highest BCUT2D eigenvalue weighted by Gasteiger charge is 2.13. The molecule has 2 N–H and O–H groups in total. The van der Waals surface area contributed by atoms with E-state index in [0.717, 1.165) is 11.1 Å². The number of ether oxygens (including phenoxy) is 2. The highest BCUT2D eigenvalue weighted by Crippen LogP contribution is 2.28. The minimum atomic E-state index is -0.447. The number of hydrazine groups is 1. The maximum atomic E-state index is 12.3. The molecule has 0 spiro atoms. The van der Waals surface area contributed by atoms with Crippen LogP contribution in [0.5, 0.6) is 11.5 Å². The minimum Gasteiger partial charge on any atom is -0.493 e. The molecule has 26 heavy (non-hydrogen) atoms. The molecule has 0 fully saturated rings. The van der Waals surface area contributed by atoms with Crippen molar-refractivity contribution < 1.29 is 19.1 Å². The van der Waals surface area contributed by atoms with Gasteiger partial charge in [0.05, 0.1) is 13.2 Å². The molecule has 0 saturated carbocycles. The molecule has 0 heterocycles. The fraction of sp³-hybridized carbons (Fsp3) is 0.300. The third-order valence-corrected chi connectivity index (χ3v) is 3.56. The number of methoxy groups -OCH3 is 1. The van der Waals surface area contributed by atoms with Crippen LogP contribution >= 0.6 is 0 Å². The minimum absolute atomic E-state index is 0.0133. The molecule has 0 aliphatic carbocycles. The van der Waals surface area contributed by atoms with Crippen molar-refractivity contribution in [1.29, 1.82) is 0 Å². The van der Waals surface area contributed by atoms with Crippen LogP contribution in [0.3, 0.4) is 0 Å². The lowest BCUT2D eigenvalue weighted by atomic mass is 10.1. The second kappa shape index (κ2) is 8.38. The Bertz CT molecular complexity index is 795. The van der Waals surface area contributed by atoms with E-state index in [1.165, 1.54) is 7.11 Å². The molecule has 2 rings (SSSR count). The smallest absolute Gasteiger partial charge is 0.269 e. The van der Waals surface area contributed by atoms with Gasteiger partial charge < -0.3 is 9.47 Å². The van der Waals surface area contributed by atoms with E-state index in [9.17, 15) is 9.59 Å². The molecule has 138 valence electrons. The summed E-state index contributed by atoms with van der Waals surface area (Å²) in [7, 11) is 1.51. The lowest BCUT2D eigenvalue weighted by molar-refractivity contribution is 0.0846. The zero-order valence-electron chi connectivity index (χ0n) is 15.7. The van der Waals surface area contributed by atoms with Gasteiger partial charge in [0.2, 0.25) is 0 Å². The van der Waals surface area contributed by atoms with Gasteiger partial charge in [-0.3, -0.25) is 20.4 Å². The maximum absolute atomic E-state index is 12.3. The Morgan fingerprint density at radius 1 is 0.846 bits per heavy atom. The van der Waals surface area contributed by atoms with Gasteiger partial charge in [0.1, 0.15) is 0 Å². The Labute approximate surface area is 153 Å². The first-order valence-corrected chi connectivity index (χ1v) is 8.34. The predicted octanol–water partition coefficient (Wildman–Crippen LogP) is 3.17. The number of nitrogens with one attached hydrogen (secondary N) is 2. The Hall–Kier alpha value is -3.02. The summed E-state index contributed by atoms with van der Waals surface area (Å²) in [4.78, 5) is 24.5. The monoisotopic (exact) mass is 356 g/mol. The Morgan fingerprint density at radius 3 is 1.96 bits per heavy atom. The van der Waals surface area contributed by atoms with Gasteiger partial charge in [-0.25, -0.2) is 0 Å². The van der Waals surface area contributed by atoms with Crippen LogP contribution in [-0.2, 0) is 0 Å². The second-order valence-corrected chi connectivity index (χ2v) is 6.32. The molecule has 0 unspecified atom stereocenters. The van der Waals surface area contributed by atoms with Crippen LogP contribution in [0.2, 0.25) is 0 Å². The van der Waals surface area contributed by atoms with Gasteiger partial charge in [-0.15, -0.1) is 0 Å². The molecule has 0 aromatic heterocycles. The summed E-state index contributed by atoms with van der Waals surface area (Å²) in [6.07, 6.45) is -0.0133. The largest absolute Gasteiger partial charge is 0.493 e. The first-order valence-electron chi connectivity index (χ1n) is 8.34. The highest BCUT2D eigenvalue weighted by atomic mass is 16.5. The van der Waals surface area contributed by atoms with E-state index < -0.39 is 5.91 Å². The number of hydrogen-bond acceptors (Lipinski definition) is 4. The Balaban J connectivity index is 2.06. The average molecular weight is 356 g/mol. The molecule has 0 saturated heterocycles. The van der Waals surface area contributed by atoms with Crippen molar-refractivity contribution in [2.45, 2.75) is 33.8 Å². The van der Waals surface area contributed by atoms with E-state index >= 15 is 0 Å². The number of rotatable bonds is 5. The molecule has 0 aliphatic heterocycles. The summed E-state index contributed by atoms with van der Waals surface area (Å²) >= 11 is 0. The molecule has 2 aromatic carbocycles. The average Bonchev–Trinajstić information content (AvgIpc) is 2.58. The molecule has 6 nitrogen and oxygen atoms in total. The predicted molar refractivity (Wildman–Crippen MR) is 99.6 cm³/mol. The fourth-order valence-corrected chi connectivity index (χ4v) is 2.52. The van der Waals surface area contributed by atoms with Gasteiger partial charge in [-0.2, -0.15) is 0 Å². The standard InChI is InChI=1S/C20H24N2O4/c1-12(2)26-17-7-6-15(11-18(17)25-5)19(23)21-22-20(24)16-9-13(3)8-14(4)10-16/h6-12H,1-5H3,(H,21,23)(H,22,24). The number of carbonyl (C=O) groups excluding carboxylic acids is 2. The summed E-state index contributed by atoms with van der Waals surface area (Å²) in [5, 5.41) is 0. The fourth-order valence-electron chi connectivity index (χ4n) is 2.52. The quantitative estimate of drug-likeness (QED) is 0.807. The van der Waals surface area contributed by atoms with Crippen molar-refractivity contribution in [3.8, 4) is 11.5 Å². The first kappa shape index (κ1) is 19.3. The van der Waals surface area contributed by atoms with E-state index in [-0.39, 0.29) is 12.0 Å². The lowest BCUT2D eigenvalue weighted by Gasteiger charge is -2.14. The maximum Gasteiger partial charge on any atom is 0.269 e. The number of hydrogen-bond donors (Lipinski definition) is 2. The Morgan fingerprint density at radius 2 is 1.42 bits per heavy atom. The summed E-state index contributed by atoms with van der Waals surface area (Å²) in [5.41, 5.74) is 7.63. The number of amides is 2. The van der Waals surface area contributed by atoms with Crippen molar-refractivity contribution in [2.24, 2.45) is 0 Å². The molecule has 2 amide bonds. The molecule has 0 aliphatic rings. The summed E-state index contributed by atoms with van der Waals surface area (Å²) in [5.74, 6) is 0.180. The number of benzene rings is 2. The van der Waals surface area contributed by atoms with Gasteiger partial charge in [0, 0.05) is 11.1 Å². The Kier molecular flexibility index (Phi) is 6.22. The lowest BCUT2D eigenvalue weighted by Crippen LogP contribution is -2.41. The van der Waals surface area contributed by atoms with Crippen molar-refractivity contribution in [1.82, 2.24) is 10.9 Å². The van der Waals surface area contributed by atoms with Crippen molar-refractivity contribution in [3.63, 3.8) is 0 Å². The molecule has 2 aromatic rings. The van der Waals surface area contributed by atoms with Crippen LogP contribution in [0.1, 0.15) is 45.7 Å². The van der Waals surface area contributed by atoms with Gasteiger partial charge in [-0.05, 0) is 58.0 Å². The molecule has 0 radical (unpaired) electrons. The second-order valence-electron chi connectivity index (χ2n) is 6.32. The zero-order chi connectivity index (χ0) is 19.3. The summed E-state index contributed by atoms with van der Waals surface area (Å²) in [6.45, 7) is 7.63. The van der Waals surface area contributed by atoms with E-state index in [1.54, 1.807) is 30.3 Å². The van der Waals surface area contributed by atoms with Gasteiger partial charge in [0.15, 0.2) is 11.5 Å². The third-order valence-electron chi connectivity index (χ3n) is 3.56. The molecular weight excluding hydrogens is 332 g/mol. The van der Waals surface area contributed by atoms with Crippen LogP contribution in [0.25, 0.3) is 0 Å². The molecule has 0 atom stereocenters. The van der Waals surface area contributed by atoms with Gasteiger partial charge in [0.25, 0.3) is 11.8 Å². The van der Waals surface area contributed by atoms with E-state index in [2.05, 4.69) is 10.9 Å². The SMILES string of the molecule is COc1cc(C(=O)NNC(=O)c2cc(C)cc(C)c2)ccc1OC(C)C. The van der Waals surface area contributed by atoms with Gasteiger partial charge in [-0.1, -0.05) is 17.2 Å². The zero-order valence-corrected chi connectivity index (χ0v) is 15.7. The van der Waals surface area contributed by atoms with E-state index in [1.807, 2.05) is 33.8 Å². The van der Waals surface area contributed by atoms with Crippen molar-refractivity contribution >= 4 is 11.8 Å². The third kappa shape index (κ3) is 4.99. The van der Waals surface area contributed by atoms with Crippen molar-refractivity contribution in [3.05, 3.63) is 58.7 Å².